The van der Waals surface area contributed by atoms with Crippen LogP contribution in [-0.4, -0.2) is 37.0 Å². The highest BCUT2D eigenvalue weighted by atomic mass is 35.5. The van der Waals surface area contributed by atoms with E-state index < -0.39 is 0 Å². The Morgan fingerprint density at radius 1 is 0.906 bits per heavy atom. The van der Waals surface area contributed by atoms with Crippen LogP contribution >= 0.6 is 23.2 Å². The maximum absolute atomic E-state index is 12.3. The maximum Gasteiger partial charge on any atom is 0.248 e. The molecule has 3 aromatic carbocycles. The highest BCUT2D eigenvalue weighted by molar-refractivity contribution is 6.35. The second kappa shape index (κ2) is 10.7. The molecule has 0 aromatic heterocycles. The summed E-state index contributed by atoms with van der Waals surface area (Å²) in [5, 5.41) is 3.96. The molecule has 0 atom stereocenters. The summed E-state index contributed by atoms with van der Waals surface area (Å²) in [6.07, 6.45) is 3.15. The second-order valence-electron chi connectivity index (χ2n) is 7.78. The number of anilines is 2. The second-order valence-corrected chi connectivity index (χ2v) is 8.63. The van der Waals surface area contributed by atoms with E-state index in [1.54, 1.807) is 24.3 Å². The van der Waals surface area contributed by atoms with Crippen LogP contribution < -0.4 is 10.2 Å². The lowest BCUT2D eigenvalue weighted by atomic mass is 10.2. The lowest BCUT2D eigenvalue weighted by molar-refractivity contribution is -0.111. The minimum Gasteiger partial charge on any atom is -0.369 e. The molecule has 1 fully saturated rings. The quantitative estimate of drug-likeness (QED) is 0.455. The average Bonchev–Trinajstić information content (AvgIpc) is 2.80. The van der Waals surface area contributed by atoms with Crippen LogP contribution in [0.2, 0.25) is 10.0 Å². The average molecular weight is 466 g/mol. The third-order valence-corrected chi connectivity index (χ3v) is 6.06. The number of hydrogen-bond acceptors (Lipinski definition) is 3. The van der Waals surface area contributed by atoms with Gasteiger partial charge in [-0.25, -0.2) is 0 Å². The molecule has 32 heavy (non-hydrogen) atoms. The van der Waals surface area contributed by atoms with Crippen molar-refractivity contribution in [1.29, 1.82) is 0 Å². The minimum atomic E-state index is -0.210. The standard InChI is InChI=1S/C26H25Cl2N3O/c27-22-8-6-21(25(28)18-22)7-13-26(32)29-23-9-11-24(12-10-23)31-16-14-30(15-17-31)19-20-4-2-1-3-5-20/h1-13,18H,14-17,19H2,(H,29,32). The molecule has 4 nitrogen and oxygen atoms in total. The van der Waals surface area contributed by atoms with E-state index in [1.807, 2.05) is 12.1 Å². The van der Waals surface area contributed by atoms with Crippen molar-refractivity contribution in [3.8, 4) is 0 Å². The molecular weight excluding hydrogens is 441 g/mol. The van der Waals surface area contributed by atoms with Crippen LogP contribution in [0.25, 0.3) is 6.08 Å². The number of nitrogens with one attached hydrogen (secondary N) is 1. The Hall–Kier alpha value is -2.79. The molecule has 1 N–H and O–H groups in total. The maximum atomic E-state index is 12.3. The van der Waals surface area contributed by atoms with Crippen LogP contribution in [0.15, 0.2) is 78.9 Å². The van der Waals surface area contributed by atoms with Crippen molar-refractivity contribution in [2.75, 3.05) is 36.4 Å². The Morgan fingerprint density at radius 2 is 1.62 bits per heavy atom. The zero-order chi connectivity index (χ0) is 22.3. The molecule has 0 spiro atoms. The molecule has 6 heteroatoms. The van der Waals surface area contributed by atoms with E-state index in [1.165, 1.54) is 17.3 Å². The fourth-order valence-electron chi connectivity index (χ4n) is 3.75. The molecule has 1 amide bonds. The summed E-state index contributed by atoms with van der Waals surface area (Å²) in [5.74, 6) is -0.210. The van der Waals surface area contributed by atoms with Gasteiger partial charge in [0.15, 0.2) is 0 Å². The van der Waals surface area contributed by atoms with Crippen molar-refractivity contribution in [3.63, 3.8) is 0 Å². The van der Waals surface area contributed by atoms with Crippen molar-refractivity contribution < 1.29 is 4.79 Å². The number of halogens is 2. The van der Waals surface area contributed by atoms with Gasteiger partial charge in [-0.3, -0.25) is 9.69 Å². The third kappa shape index (κ3) is 6.13. The predicted octanol–water partition coefficient (Wildman–Crippen LogP) is 5.97. The monoisotopic (exact) mass is 465 g/mol. The van der Waals surface area contributed by atoms with Crippen molar-refractivity contribution in [3.05, 3.63) is 100 Å². The Balaban J connectivity index is 1.28. The first kappa shape index (κ1) is 22.4. The summed E-state index contributed by atoms with van der Waals surface area (Å²) in [4.78, 5) is 17.1. The lowest BCUT2D eigenvalue weighted by Gasteiger charge is -2.36. The molecule has 4 rings (SSSR count). The Bertz CT molecular complexity index is 1080. The molecule has 1 aliphatic heterocycles. The molecule has 0 radical (unpaired) electrons. The van der Waals surface area contributed by atoms with Gasteiger partial charge < -0.3 is 10.2 Å². The topological polar surface area (TPSA) is 35.6 Å². The van der Waals surface area contributed by atoms with Crippen LogP contribution in [-0.2, 0) is 11.3 Å². The van der Waals surface area contributed by atoms with Crippen molar-refractivity contribution in [2.24, 2.45) is 0 Å². The molecule has 0 saturated carbocycles. The van der Waals surface area contributed by atoms with Crippen molar-refractivity contribution in [1.82, 2.24) is 4.90 Å². The first-order valence-corrected chi connectivity index (χ1v) is 11.4. The first-order chi connectivity index (χ1) is 15.6. The third-order valence-electron chi connectivity index (χ3n) is 5.50. The van der Waals surface area contributed by atoms with Gasteiger partial charge in [0.2, 0.25) is 5.91 Å². The van der Waals surface area contributed by atoms with E-state index in [9.17, 15) is 4.79 Å². The number of carbonyl (C=O) groups excluding carboxylic acids is 1. The smallest absolute Gasteiger partial charge is 0.248 e. The van der Waals surface area contributed by atoms with Gasteiger partial charge in [-0.1, -0.05) is 59.6 Å². The lowest BCUT2D eigenvalue weighted by Crippen LogP contribution is -2.45. The first-order valence-electron chi connectivity index (χ1n) is 10.6. The summed E-state index contributed by atoms with van der Waals surface area (Å²) in [5.41, 5.74) is 4.03. The zero-order valence-electron chi connectivity index (χ0n) is 17.7. The van der Waals surface area contributed by atoms with Gasteiger partial charge in [0.25, 0.3) is 0 Å². The van der Waals surface area contributed by atoms with Gasteiger partial charge in [0.1, 0.15) is 0 Å². The summed E-state index contributed by atoms with van der Waals surface area (Å²) < 4.78 is 0. The Morgan fingerprint density at radius 3 is 2.31 bits per heavy atom. The molecule has 164 valence electrons. The van der Waals surface area contributed by atoms with Gasteiger partial charge >= 0.3 is 0 Å². The molecule has 1 saturated heterocycles. The van der Waals surface area contributed by atoms with Crippen molar-refractivity contribution >= 4 is 46.6 Å². The van der Waals surface area contributed by atoms with E-state index >= 15 is 0 Å². The molecule has 0 unspecified atom stereocenters. The largest absolute Gasteiger partial charge is 0.369 e. The van der Waals surface area contributed by atoms with E-state index in [0.29, 0.717) is 10.0 Å². The van der Waals surface area contributed by atoms with Crippen LogP contribution in [0.1, 0.15) is 11.1 Å². The van der Waals surface area contributed by atoms with Crippen LogP contribution in [0.3, 0.4) is 0 Å². The van der Waals surface area contributed by atoms with Crippen LogP contribution in [0.4, 0.5) is 11.4 Å². The van der Waals surface area contributed by atoms with Crippen LogP contribution in [0.5, 0.6) is 0 Å². The summed E-state index contributed by atoms with van der Waals surface area (Å²) in [6.45, 7) is 5.04. The number of rotatable bonds is 6. The highest BCUT2D eigenvalue weighted by Gasteiger charge is 2.17. The highest BCUT2D eigenvalue weighted by Crippen LogP contribution is 2.23. The number of amides is 1. The predicted molar refractivity (Wildman–Crippen MR) is 134 cm³/mol. The Kier molecular flexibility index (Phi) is 7.48. The number of nitrogens with zero attached hydrogens (tertiary/aromatic N) is 2. The summed E-state index contributed by atoms with van der Waals surface area (Å²) >= 11 is 12.0. The van der Waals surface area contributed by atoms with Gasteiger partial charge in [0.05, 0.1) is 0 Å². The fourth-order valence-corrected chi connectivity index (χ4v) is 4.22. The Labute approximate surface area is 199 Å². The molecular formula is C26H25Cl2N3O. The molecule has 0 bridgehead atoms. The number of hydrogen-bond donors (Lipinski definition) is 1. The fraction of sp³-hybridized carbons (Fsp3) is 0.192. The van der Waals surface area contributed by atoms with Gasteiger partial charge in [-0.05, 0) is 53.6 Å². The number of benzene rings is 3. The molecule has 3 aromatic rings. The summed E-state index contributed by atoms with van der Waals surface area (Å²) in [7, 11) is 0. The van der Waals surface area contributed by atoms with E-state index in [0.717, 1.165) is 44.0 Å². The normalized spacial score (nSPS) is 14.6. The molecule has 1 aliphatic rings. The van der Waals surface area contributed by atoms with E-state index in [4.69, 9.17) is 23.2 Å². The van der Waals surface area contributed by atoms with Crippen molar-refractivity contribution in [2.45, 2.75) is 6.54 Å². The number of piperazine rings is 1. The van der Waals surface area contributed by atoms with E-state index in [-0.39, 0.29) is 5.91 Å². The van der Waals surface area contributed by atoms with Gasteiger partial charge in [-0.2, -0.15) is 0 Å². The van der Waals surface area contributed by atoms with Gasteiger partial charge in [-0.15, -0.1) is 0 Å². The SMILES string of the molecule is O=C(C=Cc1ccc(Cl)cc1Cl)Nc1ccc(N2CCN(Cc3ccccc3)CC2)cc1. The molecule has 1 heterocycles. The summed E-state index contributed by atoms with van der Waals surface area (Å²) in [6, 6.07) is 23.8. The zero-order valence-corrected chi connectivity index (χ0v) is 19.2. The minimum absolute atomic E-state index is 0.210. The van der Waals surface area contributed by atoms with Gasteiger partial charge in [0, 0.05) is 60.2 Å². The molecule has 0 aliphatic carbocycles. The number of carbonyl (C=O) groups is 1. The van der Waals surface area contributed by atoms with E-state index in [2.05, 4.69) is 57.6 Å². The van der Waals surface area contributed by atoms with Crippen LogP contribution in [0, 0.1) is 0 Å².